The molecule has 3 nitrogen and oxygen atoms in total. The minimum atomic E-state index is -0.00374. The number of benzene rings is 1. The highest BCUT2D eigenvalue weighted by molar-refractivity contribution is 9.10. The lowest BCUT2D eigenvalue weighted by Gasteiger charge is -2.16. The highest BCUT2D eigenvalue weighted by Crippen LogP contribution is 2.39. The third-order valence-electron chi connectivity index (χ3n) is 4.74. The SMILES string of the molecule is Cn1c(=O)n(C)c2cc(C(Cl)CC3CCCC3)c(Br)cc21. The summed E-state index contributed by atoms with van der Waals surface area (Å²) in [5.41, 5.74) is 2.97. The van der Waals surface area contributed by atoms with Gasteiger partial charge in [0.2, 0.25) is 0 Å². The molecule has 0 amide bonds. The van der Waals surface area contributed by atoms with Gasteiger partial charge in [-0.15, -0.1) is 11.6 Å². The summed E-state index contributed by atoms with van der Waals surface area (Å²) >= 11 is 10.3. The molecule has 21 heavy (non-hydrogen) atoms. The van der Waals surface area contributed by atoms with E-state index in [-0.39, 0.29) is 11.1 Å². The van der Waals surface area contributed by atoms with Gasteiger partial charge in [-0.3, -0.25) is 9.13 Å². The van der Waals surface area contributed by atoms with Crippen molar-refractivity contribution in [1.29, 1.82) is 0 Å². The first kappa shape index (κ1) is 15.2. The molecule has 1 saturated carbocycles. The fourth-order valence-electron chi connectivity index (χ4n) is 3.44. The van der Waals surface area contributed by atoms with Crippen molar-refractivity contribution in [3.63, 3.8) is 0 Å². The van der Waals surface area contributed by atoms with Gasteiger partial charge in [0.1, 0.15) is 0 Å². The molecule has 0 bridgehead atoms. The van der Waals surface area contributed by atoms with Gasteiger partial charge < -0.3 is 0 Å². The lowest BCUT2D eigenvalue weighted by Crippen LogP contribution is -2.19. The van der Waals surface area contributed by atoms with E-state index in [1.54, 1.807) is 16.2 Å². The standard InChI is InChI=1S/C16H20BrClN2O/c1-19-14-8-11(13(18)7-10-5-3-4-6-10)12(17)9-15(14)20(2)16(19)21/h8-10,13H,3-7H2,1-2H3. The van der Waals surface area contributed by atoms with E-state index in [4.69, 9.17) is 11.6 Å². The van der Waals surface area contributed by atoms with Crippen LogP contribution in [0.2, 0.25) is 0 Å². The van der Waals surface area contributed by atoms with E-state index in [1.165, 1.54) is 25.7 Å². The van der Waals surface area contributed by atoms with E-state index in [2.05, 4.69) is 22.0 Å². The number of rotatable bonds is 3. The fourth-order valence-corrected chi connectivity index (χ4v) is 4.61. The smallest absolute Gasteiger partial charge is 0.295 e. The molecule has 0 N–H and O–H groups in total. The number of alkyl halides is 1. The summed E-state index contributed by atoms with van der Waals surface area (Å²) in [4.78, 5) is 12.0. The van der Waals surface area contributed by atoms with Gasteiger partial charge in [0, 0.05) is 18.6 Å². The van der Waals surface area contributed by atoms with Crippen LogP contribution >= 0.6 is 27.5 Å². The molecular formula is C16H20BrClN2O. The molecule has 1 fully saturated rings. The van der Waals surface area contributed by atoms with Crippen LogP contribution in [0.4, 0.5) is 0 Å². The Morgan fingerprint density at radius 3 is 2.43 bits per heavy atom. The van der Waals surface area contributed by atoms with Crippen molar-refractivity contribution in [3.05, 3.63) is 32.7 Å². The Bertz CT molecular complexity index is 728. The quantitative estimate of drug-likeness (QED) is 0.730. The summed E-state index contributed by atoms with van der Waals surface area (Å²) in [6.07, 6.45) is 6.29. The zero-order valence-corrected chi connectivity index (χ0v) is 14.7. The Morgan fingerprint density at radius 1 is 1.24 bits per heavy atom. The monoisotopic (exact) mass is 370 g/mol. The van der Waals surface area contributed by atoms with Crippen LogP contribution in [0.15, 0.2) is 21.4 Å². The molecule has 0 radical (unpaired) electrons. The Kier molecular flexibility index (Phi) is 4.19. The van der Waals surface area contributed by atoms with E-state index < -0.39 is 0 Å². The highest BCUT2D eigenvalue weighted by Gasteiger charge is 2.22. The van der Waals surface area contributed by atoms with Crippen LogP contribution in [0.3, 0.4) is 0 Å². The predicted molar refractivity (Wildman–Crippen MR) is 91.0 cm³/mol. The molecule has 0 spiro atoms. The minimum Gasteiger partial charge on any atom is -0.295 e. The van der Waals surface area contributed by atoms with Crippen molar-refractivity contribution in [1.82, 2.24) is 9.13 Å². The van der Waals surface area contributed by atoms with Crippen molar-refractivity contribution in [2.24, 2.45) is 20.0 Å². The van der Waals surface area contributed by atoms with Gasteiger partial charge in [-0.05, 0) is 30.0 Å². The maximum absolute atomic E-state index is 12.0. The molecule has 1 heterocycles. The first-order valence-corrected chi connectivity index (χ1v) is 8.71. The molecule has 1 aromatic carbocycles. The minimum absolute atomic E-state index is 0.00202. The first-order valence-electron chi connectivity index (χ1n) is 7.48. The molecule has 1 aromatic heterocycles. The van der Waals surface area contributed by atoms with Gasteiger partial charge in [-0.25, -0.2) is 4.79 Å². The second-order valence-corrected chi connectivity index (χ2v) is 7.50. The Morgan fingerprint density at radius 2 is 1.81 bits per heavy atom. The maximum atomic E-state index is 12.0. The average Bonchev–Trinajstić information content (AvgIpc) is 3.03. The van der Waals surface area contributed by atoms with Crippen molar-refractivity contribution in [2.75, 3.05) is 0 Å². The van der Waals surface area contributed by atoms with Gasteiger partial charge >= 0.3 is 5.69 Å². The van der Waals surface area contributed by atoms with Crippen molar-refractivity contribution < 1.29 is 0 Å². The Hall–Kier alpha value is -0.740. The summed E-state index contributed by atoms with van der Waals surface area (Å²) in [5, 5.41) is 0.00202. The lowest BCUT2D eigenvalue weighted by atomic mass is 9.97. The number of fused-ring (bicyclic) bond motifs is 1. The molecule has 114 valence electrons. The van der Waals surface area contributed by atoms with Crippen LogP contribution in [0, 0.1) is 5.92 Å². The van der Waals surface area contributed by atoms with E-state index in [1.807, 2.05) is 13.1 Å². The van der Waals surface area contributed by atoms with Gasteiger partial charge in [-0.2, -0.15) is 0 Å². The second kappa shape index (κ2) is 5.81. The molecular weight excluding hydrogens is 352 g/mol. The van der Waals surface area contributed by atoms with Gasteiger partial charge in [-0.1, -0.05) is 41.6 Å². The number of nitrogens with zero attached hydrogens (tertiary/aromatic N) is 2. The summed E-state index contributed by atoms with van der Waals surface area (Å²) in [6, 6.07) is 4.07. The number of imidazole rings is 1. The van der Waals surface area contributed by atoms with Crippen LogP contribution in [0.5, 0.6) is 0 Å². The zero-order valence-electron chi connectivity index (χ0n) is 12.4. The number of hydrogen-bond donors (Lipinski definition) is 0. The van der Waals surface area contributed by atoms with Crippen LogP contribution in [0.25, 0.3) is 11.0 Å². The summed E-state index contributed by atoms with van der Waals surface area (Å²) < 4.78 is 4.35. The van der Waals surface area contributed by atoms with E-state index in [0.717, 1.165) is 33.4 Å². The topological polar surface area (TPSA) is 26.9 Å². The average molecular weight is 372 g/mol. The lowest BCUT2D eigenvalue weighted by molar-refractivity contribution is 0.495. The van der Waals surface area contributed by atoms with E-state index in [9.17, 15) is 4.79 Å². The fraction of sp³-hybridized carbons (Fsp3) is 0.562. The molecule has 1 unspecified atom stereocenters. The Labute approximate surface area is 138 Å². The van der Waals surface area contributed by atoms with Crippen LogP contribution in [-0.2, 0) is 14.1 Å². The second-order valence-electron chi connectivity index (χ2n) is 6.12. The first-order chi connectivity index (χ1) is 9.99. The number of aromatic nitrogens is 2. The largest absolute Gasteiger partial charge is 0.328 e. The van der Waals surface area contributed by atoms with E-state index in [0.29, 0.717) is 0 Å². The van der Waals surface area contributed by atoms with Crippen LogP contribution in [-0.4, -0.2) is 9.13 Å². The molecule has 0 aliphatic heterocycles. The molecule has 1 aliphatic carbocycles. The third kappa shape index (κ3) is 2.68. The van der Waals surface area contributed by atoms with Crippen molar-refractivity contribution in [2.45, 2.75) is 37.5 Å². The van der Waals surface area contributed by atoms with Crippen molar-refractivity contribution in [3.8, 4) is 0 Å². The van der Waals surface area contributed by atoms with Crippen molar-refractivity contribution >= 4 is 38.6 Å². The number of halogens is 2. The Balaban J connectivity index is 2.00. The predicted octanol–water partition coefficient (Wildman–Crippen LogP) is 4.50. The van der Waals surface area contributed by atoms with Gasteiger partial charge in [0.25, 0.3) is 0 Å². The number of aryl methyl sites for hydroxylation is 2. The molecule has 3 rings (SSSR count). The summed E-state index contributed by atoms with van der Waals surface area (Å²) in [7, 11) is 3.61. The van der Waals surface area contributed by atoms with Crippen LogP contribution in [0.1, 0.15) is 43.0 Å². The van der Waals surface area contributed by atoms with E-state index >= 15 is 0 Å². The number of hydrogen-bond acceptors (Lipinski definition) is 1. The van der Waals surface area contributed by atoms with Crippen LogP contribution < -0.4 is 5.69 Å². The molecule has 1 atom stereocenters. The summed E-state index contributed by atoms with van der Waals surface area (Å²) in [5.74, 6) is 0.745. The van der Waals surface area contributed by atoms with Gasteiger partial charge in [0.05, 0.1) is 16.4 Å². The normalized spacial score (nSPS) is 17.7. The maximum Gasteiger partial charge on any atom is 0.328 e. The molecule has 0 saturated heterocycles. The summed E-state index contributed by atoms with van der Waals surface area (Å²) in [6.45, 7) is 0. The van der Waals surface area contributed by atoms with Gasteiger partial charge in [0.15, 0.2) is 0 Å². The molecule has 1 aliphatic rings. The molecule has 5 heteroatoms. The molecule has 2 aromatic rings. The zero-order chi connectivity index (χ0) is 15.1. The highest BCUT2D eigenvalue weighted by atomic mass is 79.9. The third-order valence-corrected chi connectivity index (χ3v) is 5.84.